The zero-order valence-electron chi connectivity index (χ0n) is 12.2. The van der Waals surface area contributed by atoms with Gasteiger partial charge in [0, 0.05) is 25.7 Å². The van der Waals surface area contributed by atoms with Gasteiger partial charge in [0.25, 0.3) is 0 Å². The third-order valence-electron chi connectivity index (χ3n) is 4.83. The molecule has 0 aromatic heterocycles. The third kappa shape index (κ3) is 3.69. The summed E-state index contributed by atoms with van der Waals surface area (Å²) in [6, 6.07) is 0.655. The fraction of sp³-hybridized carbons (Fsp3) is 1.00. The SMILES string of the molecule is CNCC1(CN(C)C2CCOC2)CCCCCC1. The first kappa shape index (κ1) is 14.3. The largest absolute Gasteiger partial charge is 0.380 e. The van der Waals surface area contributed by atoms with Crippen LogP contribution in [0.1, 0.15) is 44.9 Å². The van der Waals surface area contributed by atoms with Gasteiger partial charge in [-0.05, 0) is 38.8 Å². The number of nitrogens with one attached hydrogen (secondary N) is 1. The van der Waals surface area contributed by atoms with Crippen LogP contribution in [-0.4, -0.2) is 51.3 Å². The molecule has 1 atom stereocenters. The molecule has 1 N–H and O–H groups in total. The molecule has 0 amide bonds. The summed E-state index contributed by atoms with van der Waals surface area (Å²) in [5, 5.41) is 3.44. The molecule has 1 heterocycles. The normalized spacial score (nSPS) is 28.5. The van der Waals surface area contributed by atoms with Crippen molar-refractivity contribution in [3.8, 4) is 0 Å². The molecule has 18 heavy (non-hydrogen) atoms. The highest BCUT2D eigenvalue weighted by atomic mass is 16.5. The van der Waals surface area contributed by atoms with E-state index in [4.69, 9.17) is 4.74 Å². The lowest BCUT2D eigenvalue weighted by Gasteiger charge is -2.38. The van der Waals surface area contributed by atoms with Gasteiger partial charge in [-0.1, -0.05) is 25.7 Å². The molecule has 3 nitrogen and oxygen atoms in total. The Morgan fingerprint density at radius 1 is 1.22 bits per heavy atom. The second kappa shape index (κ2) is 6.88. The van der Waals surface area contributed by atoms with Crippen molar-refractivity contribution in [1.82, 2.24) is 10.2 Å². The average Bonchev–Trinajstić information content (AvgIpc) is 2.79. The van der Waals surface area contributed by atoms with E-state index >= 15 is 0 Å². The van der Waals surface area contributed by atoms with Crippen LogP contribution >= 0.6 is 0 Å². The zero-order valence-corrected chi connectivity index (χ0v) is 12.2. The van der Waals surface area contributed by atoms with E-state index in [1.54, 1.807) is 0 Å². The van der Waals surface area contributed by atoms with Crippen LogP contribution in [0, 0.1) is 5.41 Å². The van der Waals surface area contributed by atoms with E-state index in [-0.39, 0.29) is 0 Å². The Kier molecular flexibility index (Phi) is 5.46. The first-order valence-electron chi connectivity index (χ1n) is 7.68. The van der Waals surface area contributed by atoms with Gasteiger partial charge in [-0.25, -0.2) is 0 Å². The Morgan fingerprint density at radius 2 is 1.94 bits per heavy atom. The molecule has 2 rings (SSSR count). The standard InChI is InChI=1S/C15H30N2O/c1-16-12-15(8-5-3-4-6-9-15)13-17(2)14-7-10-18-11-14/h14,16H,3-13H2,1-2H3. The minimum absolute atomic E-state index is 0.503. The number of hydrogen-bond acceptors (Lipinski definition) is 3. The van der Waals surface area contributed by atoms with Crippen LogP contribution in [0.25, 0.3) is 0 Å². The van der Waals surface area contributed by atoms with E-state index in [9.17, 15) is 0 Å². The van der Waals surface area contributed by atoms with Crippen molar-refractivity contribution in [2.24, 2.45) is 5.41 Å². The highest BCUT2D eigenvalue weighted by molar-refractivity contribution is 4.88. The van der Waals surface area contributed by atoms with Crippen molar-refractivity contribution in [2.75, 3.05) is 40.4 Å². The third-order valence-corrected chi connectivity index (χ3v) is 4.83. The monoisotopic (exact) mass is 254 g/mol. The molecule has 0 spiro atoms. The second-order valence-electron chi connectivity index (χ2n) is 6.38. The molecule has 0 bridgehead atoms. The molecule has 1 saturated heterocycles. The van der Waals surface area contributed by atoms with Crippen molar-refractivity contribution < 1.29 is 4.74 Å². The summed E-state index contributed by atoms with van der Waals surface area (Å²) in [7, 11) is 4.40. The predicted octanol–water partition coefficient (Wildman–Crippen LogP) is 2.27. The Bertz CT molecular complexity index is 231. The van der Waals surface area contributed by atoms with Crippen molar-refractivity contribution in [3.63, 3.8) is 0 Å². The summed E-state index contributed by atoms with van der Waals surface area (Å²) in [5.41, 5.74) is 0.503. The van der Waals surface area contributed by atoms with Gasteiger partial charge in [-0.2, -0.15) is 0 Å². The summed E-state index contributed by atoms with van der Waals surface area (Å²) in [6.45, 7) is 4.30. The van der Waals surface area contributed by atoms with Crippen molar-refractivity contribution in [3.05, 3.63) is 0 Å². The van der Waals surface area contributed by atoms with E-state index in [0.29, 0.717) is 11.5 Å². The van der Waals surface area contributed by atoms with Crippen LogP contribution in [0.2, 0.25) is 0 Å². The first-order chi connectivity index (χ1) is 8.76. The number of likely N-dealkylation sites (N-methyl/N-ethyl adjacent to an activating group) is 1. The van der Waals surface area contributed by atoms with Crippen LogP contribution in [-0.2, 0) is 4.74 Å². The minimum Gasteiger partial charge on any atom is -0.380 e. The molecule has 3 heteroatoms. The highest BCUT2D eigenvalue weighted by Gasteiger charge is 2.33. The molecule has 0 radical (unpaired) electrons. The van der Waals surface area contributed by atoms with Crippen LogP contribution in [0.4, 0.5) is 0 Å². The van der Waals surface area contributed by atoms with Crippen molar-refractivity contribution >= 4 is 0 Å². The van der Waals surface area contributed by atoms with Gasteiger partial charge in [0.15, 0.2) is 0 Å². The summed E-state index contributed by atoms with van der Waals surface area (Å²) in [5.74, 6) is 0. The molecule has 1 aliphatic carbocycles. The molecule has 1 unspecified atom stereocenters. The number of rotatable bonds is 5. The van der Waals surface area contributed by atoms with E-state index < -0.39 is 0 Å². The maximum atomic E-state index is 5.53. The number of hydrogen-bond donors (Lipinski definition) is 1. The highest BCUT2D eigenvalue weighted by Crippen LogP contribution is 2.35. The van der Waals surface area contributed by atoms with Crippen molar-refractivity contribution in [2.45, 2.75) is 51.0 Å². The second-order valence-corrected chi connectivity index (χ2v) is 6.38. The Morgan fingerprint density at radius 3 is 2.50 bits per heavy atom. The molecule has 0 aromatic carbocycles. The molecule has 0 aromatic rings. The van der Waals surface area contributed by atoms with E-state index in [0.717, 1.165) is 13.2 Å². The minimum atomic E-state index is 0.503. The number of ether oxygens (including phenoxy) is 1. The molecule has 2 aliphatic rings. The summed E-state index contributed by atoms with van der Waals surface area (Å²) >= 11 is 0. The fourth-order valence-corrected chi connectivity index (χ4v) is 3.77. The Hall–Kier alpha value is -0.120. The average molecular weight is 254 g/mol. The smallest absolute Gasteiger partial charge is 0.0622 e. The summed E-state index contributed by atoms with van der Waals surface area (Å²) < 4.78 is 5.53. The van der Waals surface area contributed by atoms with E-state index in [1.165, 1.54) is 58.0 Å². The maximum Gasteiger partial charge on any atom is 0.0622 e. The summed E-state index contributed by atoms with van der Waals surface area (Å²) in [6.07, 6.45) is 9.69. The molecule has 2 fully saturated rings. The van der Waals surface area contributed by atoms with Gasteiger partial charge in [0.2, 0.25) is 0 Å². The summed E-state index contributed by atoms with van der Waals surface area (Å²) in [4.78, 5) is 2.57. The molecule has 1 saturated carbocycles. The van der Waals surface area contributed by atoms with Gasteiger partial charge in [-0.3, -0.25) is 0 Å². The predicted molar refractivity (Wildman–Crippen MR) is 75.9 cm³/mol. The van der Waals surface area contributed by atoms with Gasteiger partial charge in [0.05, 0.1) is 6.61 Å². The molecule has 106 valence electrons. The van der Waals surface area contributed by atoms with Crippen LogP contribution in [0.5, 0.6) is 0 Å². The van der Waals surface area contributed by atoms with E-state index in [2.05, 4.69) is 24.3 Å². The Balaban J connectivity index is 1.94. The topological polar surface area (TPSA) is 24.5 Å². The molecule has 1 aliphatic heterocycles. The lowest BCUT2D eigenvalue weighted by atomic mass is 9.79. The number of nitrogens with zero attached hydrogens (tertiary/aromatic N) is 1. The van der Waals surface area contributed by atoms with Gasteiger partial charge in [0.1, 0.15) is 0 Å². The van der Waals surface area contributed by atoms with E-state index in [1.807, 2.05) is 0 Å². The fourth-order valence-electron chi connectivity index (χ4n) is 3.77. The van der Waals surface area contributed by atoms with Crippen LogP contribution in [0.3, 0.4) is 0 Å². The lowest BCUT2D eigenvalue weighted by Crippen LogP contribution is -2.45. The van der Waals surface area contributed by atoms with Crippen LogP contribution in [0.15, 0.2) is 0 Å². The first-order valence-corrected chi connectivity index (χ1v) is 7.68. The quantitative estimate of drug-likeness (QED) is 0.762. The maximum absolute atomic E-state index is 5.53. The van der Waals surface area contributed by atoms with Gasteiger partial charge >= 0.3 is 0 Å². The zero-order chi connectivity index (χ0) is 12.8. The Labute approximate surface area is 112 Å². The van der Waals surface area contributed by atoms with Crippen LogP contribution < -0.4 is 5.32 Å². The van der Waals surface area contributed by atoms with Gasteiger partial charge < -0.3 is 15.0 Å². The lowest BCUT2D eigenvalue weighted by molar-refractivity contribution is 0.103. The molecular weight excluding hydrogens is 224 g/mol. The molecular formula is C15H30N2O. The van der Waals surface area contributed by atoms with Crippen molar-refractivity contribution in [1.29, 1.82) is 0 Å². The van der Waals surface area contributed by atoms with Gasteiger partial charge in [-0.15, -0.1) is 0 Å².